The van der Waals surface area contributed by atoms with E-state index < -0.39 is 5.82 Å². The molecule has 0 unspecified atom stereocenters. The highest BCUT2D eigenvalue weighted by Crippen LogP contribution is 2.37. The topological polar surface area (TPSA) is 101 Å². The van der Waals surface area contributed by atoms with Crippen molar-refractivity contribution < 1.29 is 13.9 Å². The van der Waals surface area contributed by atoms with Crippen molar-refractivity contribution >= 4 is 32.8 Å². The smallest absolute Gasteiger partial charge is 0.219 e. The van der Waals surface area contributed by atoms with E-state index in [9.17, 15) is 0 Å². The van der Waals surface area contributed by atoms with Crippen molar-refractivity contribution in [2.24, 2.45) is 0 Å². The maximum atomic E-state index is 15.2. The van der Waals surface area contributed by atoms with Gasteiger partial charge in [-0.2, -0.15) is 0 Å². The molecule has 0 saturated heterocycles. The summed E-state index contributed by atoms with van der Waals surface area (Å²) in [5, 5.41) is 0. The van der Waals surface area contributed by atoms with E-state index >= 15 is 4.39 Å². The molecule has 5 rings (SSSR count). The summed E-state index contributed by atoms with van der Waals surface area (Å²) in [4.78, 5) is 17.2. The standard InChI is InChI=1S/C24H18BrFN6O2/c1-13-4-3-5-21(31-13)34-19-7-6-15(9-16(19)26)32-18(10-17-23(32)24(27)30-12-29-17)22-20(33-2)8-14(25)11-28-22/h3-12H,1-2H3,(H2,27,29,30). The number of aryl methyl sites for hydroxylation is 1. The second-order valence-corrected chi connectivity index (χ2v) is 8.31. The lowest BCUT2D eigenvalue weighted by molar-refractivity contribution is 0.414. The molecule has 0 aliphatic rings. The fraction of sp³-hybridized carbons (Fsp3) is 0.0833. The second-order valence-electron chi connectivity index (χ2n) is 7.40. The molecule has 0 amide bonds. The molecule has 0 radical (unpaired) electrons. The van der Waals surface area contributed by atoms with Crippen LogP contribution >= 0.6 is 15.9 Å². The second kappa shape index (κ2) is 8.71. The third-order valence-electron chi connectivity index (χ3n) is 5.15. The molecule has 0 aliphatic carbocycles. The van der Waals surface area contributed by atoms with Crippen LogP contribution in [0.2, 0.25) is 0 Å². The number of fused-ring (bicyclic) bond motifs is 1. The Balaban J connectivity index is 1.68. The fourth-order valence-corrected chi connectivity index (χ4v) is 3.98. The Kier molecular flexibility index (Phi) is 5.58. The number of methoxy groups -OCH3 is 1. The van der Waals surface area contributed by atoms with Crippen molar-refractivity contribution in [3.8, 4) is 34.5 Å². The van der Waals surface area contributed by atoms with Gasteiger partial charge in [-0.15, -0.1) is 0 Å². The van der Waals surface area contributed by atoms with Crippen molar-refractivity contribution in [3.63, 3.8) is 0 Å². The minimum atomic E-state index is -0.570. The highest BCUT2D eigenvalue weighted by Gasteiger charge is 2.21. The fourth-order valence-electron chi connectivity index (χ4n) is 3.67. The molecule has 8 nitrogen and oxygen atoms in total. The largest absolute Gasteiger partial charge is 0.494 e. The highest BCUT2D eigenvalue weighted by molar-refractivity contribution is 9.10. The molecule has 5 aromatic rings. The van der Waals surface area contributed by atoms with Crippen LogP contribution in [-0.4, -0.2) is 31.6 Å². The van der Waals surface area contributed by atoms with Gasteiger partial charge in [-0.05, 0) is 53.2 Å². The van der Waals surface area contributed by atoms with Gasteiger partial charge in [0.2, 0.25) is 5.88 Å². The number of hydrogen-bond donors (Lipinski definition) is 1. The van der Waals surface area contributed by atoms with Crippen LogP contribution in [0.1, 0.15) is 5.69 Å². The van der Waals surface area contributed by atoms with E-state index in [1.54, 1.807) is 42.1 Å². The van der Waals surface area contributed by atoms with E-state index in [-0.39, 0.29) is 11.6 Å². The molecule has 0 atom stereocenters. The van der Waals surface area contributed by atoms with Gasteiger partial charge in [0.25, 0.3) is 0 Å². The first-order valence-electron chi connectivity index (χ1n) is 10.2. The van der Waals surface area contributed by atoms with Gasteiger partial charge < -0.3 is 19.8 Å². The minimum Gasteiger partial charge on any atom is -0.494 e. The van der Waals surface area contributed by atoms with Crippen molar-refractivity contribution in [2.75, 3.05) is 12.8 Å². The molecule has 34 heavy (non-hydrogen) atoms. The number of halogens is 2. The summed E-state index contributed by atoms with van der Waals surface area (Å²) >= 11 is 3.41. The van der Waals surface area contributed by atoms with Crippen molar-refractivity contribution in [2.45, 2.75) is 6.92 Å². The minimum absolute atomic E-state index is 0.0448. The Labute approximate surface area is 202 Å². The molecule has 2 N–H and O–H groups in total. The van der Waals surface area contributed by atoms with Gasteiger partial charge in [0.1, 0.15) is 23.3 Å². The van der Waals surface area contributed by atoms with Crippen molar-refractivity contribution in [3.05, 3.63) is 77.0 Å². The lowest BCUT2D eigenvalue weighted by Crippen LogP contribution is -2.03. The molecular formula is C24H18BrFN6O2. The molecule has 4 heterocycles. The monoisotopic (exact) mass is 520 g/mol. The first-order chi connectivity index (χ1) is 16.4. The number of anilines is 1. The molecule has 1 aromatic carbocycles. The third kappa shape index (κ3) is 3.92. The maximum absolute atomic E-state index is 15.2. The average molecular weight is 521 g/mol. The van der Waals surface area contributed by atoms with Gasteiger partial charge in [-0.1, -0.05) is 6.07 Å². The summed E-state index contributed by atoms with van der Waals surface area (Å²) in [7, 11) is 1.55. The number of hydrogen-bond acceptors (Lipinski definition) is 7. The van der Waals surface area contributed by atoms with E-state index in [4.69, 9.17) is 15.2 Å². The van der Waals surface area contributed by atoms with E-state index in [1.165, 1.54) is 18.5 Å². The molecular weight excluding hydrogens is 503 g/mol. The lowest BCUT2D eigenvalue weighted by Gasteiger charge is -2.15. The van der Waals surface area contributed by atoms with E-state index in [0.29, 0.717) is 39.7 Å². The maximum Gasteiger partial charge on any atom is 0.219 e. The van der Waals surface area contributed by atoms with Crippen LogP contribution in [0.25, 0.3) is 28.1 Å². The molecule has 10 heteroatoms. The predicted molar refractivity (Wildman–Crippen MR) is 130 cm³/mol. The van der Waals surface area contributed by atoms with Crippen LogP contribution in [0.4, 0.5) is 10.2 Å². The zero-order chi connectivity index (χ0) is 23.8. The molecule has 0 bridgehead atoms. The van der Waals surface area contributed by atoms with Gasteiger partial charge in [-0.3, -0.25) is 0 Å². The summed E-state index contributed by atoms with van der Waals surface area (Å²) in [6.45, 7) is 1.84. The van der Waals surface area contributed by atoms with Crippen LogP contribution in [0.5, 0.6) is 17.4 Å². The SMILES string of the molecule is COc1cc(Br)cnc1-c1cc2ncnc(N)c2n1-c1ccc(Oc2cccc(C)n2)c(F)c1. The van der Waals surface area contributed by atoms with Gasteiger partial charge in [0, 0.05) is 34.2 Å². The number of aromatic nitrogens is 5. The molecule has 0 fully saturated rings. The van der Waals surface area contributed by atoms with Crippen molar-refractivity contribution in [1.82, 2.24) is 24.5 Å². The quantitative estimate of drug-likeness (QED) is 0.327. The number of nitrogens with two attached hydrogens (primary N) is 1. The Bertz CT molecular complexity index is 1540. The van der Waals surface area contributed by atoms with Crippen LogP contribution < -0.4 is 15.2 Å². The Morgan fingerprint density at radius 2 is 1.88 bits per heavy atom. The number of pyridine rings is 2. The highest BCUT2D eigenvalue weighted by atomic mass is 79.9. The molecule has 4 aromatic heterocycles. The summed E-state index contributed by atoms with van der Waals surface area (Å²) in [5.74, 6) is 0.552. The number of ether oxygens (including phenoxy) is 2. The summed E-state index contributed by atoms with van der Waals surface area (Å²) < 4.78 is 28.9. The van der Waals surface area contributed by atoms with Crippen LogP contribution in [-0.2, 0) is 0 Å². The van der Waals surface area contributed by atoms with Crippen LogP contribution in [0.3, 0.4) is 0 Å². The first-order valence-corrected chi connectivity index (χ1v) is 11.0. The number of nitrogens with zero attached hydrogens (tertiary/aromatic N) is 5. The van der Waals surface area contributed by atoms with E-state index in [1.807, 2.05) is 19.1 Å². The number of rotatable bonds is 5. The van der Waals surface area contributed by atoms with Gasteiger partial charge in [-0.25, -0.2) is 24.3 Å². The Morgan fingerprint density at radius 3 is 2.65 bits per heavy atom. The third-order valence-corrected chi connectivity index (χ3v) is 5.58. The van der Waals surface area contributed by atoms with Gasteiger partial charge in [0.05, 0.1) is 18.3 Å². The van der Waals surface area contributed by atoms with E-state index in [0.717, 1.165) is 10.2 Å². The van der Waals surface area contributed by atoms with Gasteiger partial charge in [0.15, 0.2) is 17.4 Å². The Morgan fingerprint density at radius 1 is 1.03 bits per heavy atom. The first kappa shape index (κ1) is 21.8. The molecule has 0 saturated carbocycles. The summed E-state index contributed by atoms with van der Waals surface area (Å²) in [5.41, 5.74) is 9.72. The zero-order valence-corrected chi connectivity index (χ0v) is 19.7. The van der Waals surface area contributed by atoms with Crippen LogP contribution in [0, 0.1) is 12.7 Å². The summed E-state index contributed by atoms with van der Waals surface area (Å²) in [6, 6.07) is 13.5. The van der Waals surface area contributed by atoms with E-state index in [2.05, 4.69) is 35.9 Å². The van der Waals surface area contributed by atoms with Crippen LogP contribution in [0.15, 0.2) is 65.5 Å². The normalized spacial score (nSPS) is 11.1. The number of nitrogen functional groups attached to an aromatic ring is 1. The van der Waals surface area contributed by atoms with Gasteiger partial charge >= 0.3 is 0 Å². The average Bonchev–Trinajstić information content (AvgIpc) is 3.21. The van der Waals surface area contributed by atoms with Crippen molar-refractivity contribution in [1.29, 1.82) is 0 Å². The summed E-state index contributed by atoms with van der Waals surface area (Å²) in [6.07, 6.45) is 3.03. The lowest BCUT2D eigenvalue weighted by atomic mass is 10.2. The molecule has 0 aliphatic heterocycles. The molecule has 0 spiro atoms. The number of benzene rings is 1. The zero-order valence-electron chi connectivity index (χ0n) is 18.2. The molecule has 170 valence electrons. The predicted octanol–water partition coefficient (Wildman–Crippen LogP) is 5.47. The Hall–Kier alpha value is -4.05.